The SMILES string of the molecule is CCCN(CC(=O)Nc1ccccc1C)Cc1coc(-c2ccc(C)cc2C)n1. The third kappa shape index (κ3) is 5.55. The first-order chi connectivity index (χ1) is 14.0. The number of benzene rings is 2. The molecule has 152 valence electrons. The molecule has 5 heteroatoms. The second-order valence-corrected chi connectivity index (χ2v) is 7.54. The van der Waals surface area contributed by atoms with Gasteiger partial charge in [-0.2, -0.15) is 0 Å². The Hall–Kier alpha value is -2.92. The average Bonchev–Trinajstić information content (AvgIpc) is 3.12. The van der Waals surface area contributed by atoms with Crippen molar-refractivity contribution in [2.75, 3.05) is 18.4 Å². The first-order valence-electron chi connectivity index (χ1n) is 10.1. The fraction of sp³-hybridized carbons (Fsp3) is 0.333. The highest BCUT2D eigenvalue weighted by molar-refractivity contribution is 5.92. The first-order valence-corrected chi connectivity index (χ1v) is 10.1. The zero-order valence-electron chi connectivity index (χ0n) is 17.7. The van der Waals surface area contributed by atoms with Crippen LogP contribution in [0.3, 0.4) is 0 Å². The number of para-hydroxylation sites is 1. The second kappa shape index (κ2) is 9.52. The molecule has 1 heterocycles. The zero-order chi connectivity index (χ0) is 20.8. The lowest BCUT2D eigenvalue weighted by Crippen LogP contribution is -2.33. The largest absolute Gasteiger partial charge is 0.444 e. The van der Waals surface area contributed by atoms with Gasteiger partial charge in [-0.15, -0.1) is 0 Å². The lowest BCUT2D eigenvalue weighted by molar-refractivity contribution is -0.117. The summed E-state index contributed by atoms with van der Waals surface area (Å²) in [7, 11) is 0. The van der Waals surface area contributed by atoms with Gasteiger partial charge in [0, 0.05) is 17.8 Å². The Morgan fingerprint density at radius 2 is 1.90 bits per heavy atom. The normalized spacial score (nSPS) is 11.1. The number of carbonyl (C=O) groups excluding carboxylic acids is 1. The van der Waals surface area contributed by atoms with Gasteiger partial charge in [0.15, 0.2) is 0 Å². The summed E-state index contributed by atoms with van der Waals surface area (Å²) >= 11 is 0. The van der Waals surface area contributed by atoms with Crippen LogP contribution in [0.15, 0.2) is 53.1 Å². The van der Waals surface area contributed by atoms with Crippen molar-refractivity contribution >= 4 is 11.6 Å². The van der Waals surface area contributed by atoms with Crippen molar-refractivity contribution in [2.45, 2.75) is 40.7 Å². The van der Waals surface area contributed by atoms with Crippen molar-refractivity contribution < 1.29 is 9.21 Å². The highest BCUT2D eigenvalue weighted by atomic mass is 16.3. The monoisotopic (exact) mass is 391 g/mol. The molecule has 0 atom stereocenters. The minimum absolute atomic E-state index is 0.0224. The number of aromatic nitrogens is 1. The van der Waals surface area contributed by atoms with Crippen molar-refractivity contribution in [3.05, 3.63) is 71.1 Å². The third-order valence-electron chi connectivity index (χ3n) is 4.88. The molecule has 0 aliphatic heterocycles. The Labute approximate surface area is 172 Å². The molecule has 0 unspecified atom stereocenters. The van der Waals surface area contributed by atoms with Crippen LogP contribution in [0, 0.1) is 20.8 Å². The Balaban J connectivity index is 1.67. The number of nitrogens with one attached hydrogen (secondary N) is 1. The predicted molar refractivity (Wildman–Crippen MR) is 117 cm³/mol. The van der Waals surface area contributed by atoms with Crippen molar-refractivity contribution in [1.29, 1.82) is 0 Å². The van der Waals surface area contributed by atoms with Crippen LogP contribution in [0.2, 0.25) is 0 Å². The number of oxazole rings is 1. The maximum Gasteiger partial charge on any atom is 0.238 e. The van der Waals surface area contributed by atoms with Crippen LogP contribution in [0.25, 0.3) is 11.5 Å². The van der Waals surface area contributed by atoms with Gasteiger partial charge in [-0.05, 0) is 57.0 Å². The van der Waals surface area contributed by atoms with E-state index in [9.17, 15) is 4.79 Å². The number of anilines is 1. The number of carbonyl (C=O) groups is 1. The maximum atomic E-state index is 12.5. The van der Waals surface area contributed by atoms with Gasteiger partial charge in [0.2, 0.25) is 11.8 Å². The van der Waals surface area contributed by atoms with E-state index in [1.165, 1.54) is 5.56 Å². The summed E-state index contributed by atoms with van der Waals surface area (Å²) in [6.07, 6.45) is 2.65. The van der Waals surface area contributed by atoms with Crippen LogP contribution in [-0.4, -0.2) is 28.9 Å². The Morgan fingerprint density at radius 1 is 1.10 bits per heavy atom. The van der Waals surface area contributed by atoms with Crippen molar-refractivity contribution in [3.8, 4) is 11.5 Å². The van der Waals surface area contributed by atoms with E-state index in [-0.39, 0.29) is 5.91 Å². The number of aryl methyl sites for hydroxylation is 3. The number of amides is 1. The summed E-state index contributed by atoms with van der Waals surface area (Å²) < 4.78 is 5.73. The van der Waals surface area contributed by atoms with Crippen molar-refractivity contribution in [3.63, 3.8) is 0 Å². The van der Waals surface area contributed by atoms with Crippen LogP contribution in [0.1, 0.15) is 35.7 Å². The molecule has 0 bridgehead atoms. The van der Waals surface area contributed by atoms with Crippen LogP contribution >= 0.6 is 0 Å². The van der Waals surface area contributed by atoms with Crippen LogP contribution in [0.5, 0.6) is 0 Å². The lowest BCUT2D eigenvalue weighted by Gasteiger charge is -2.20. The van der Waals surface area contributed by atoms with Crippen LogP contribution in [0.4, 0.5) is 5.69 Å². The number of hydrogen-bond donors (Lipinski definition) is 1. The fourth-order valence-corrected chi connectivity index (χ4v) is 3.42. The summed E-state index contributed by atoms with van der Waals surface area (Å²) in [5, 5.41) is 3.00. The maximum absolute atomic E-state index is 12.5. The van der Waals surface area contributed by atoms with Gasteiger partial charge in [-0.1, -0.05) is 42.8 Å². The van der Waals surface area contributed by atoms with Gasteiger partial charge < -0.3 is 9.73 Å². The fourth-order valence-electron chi connectivity index (χ4n) is 3.42. The molecule has 0 radical (unpaired) electrons. The number of hydrogen-bond acceptors (Lipinski definition) is 4. The average molecular weight is 392 g/mol. The van der Waals surface area contributed by atoms with E-state index in [4.69, 9.17) is 4.42 Å². The molecule has 0 aliphatic rings. The summed E-state index contributed by atoms with van der Waals surface area (Å²) in [5.74, 6) is 0.601. The highest BCUT2D eigenvalue weighted by Crippen LogP contribution is 2.24. The van der Waals surface area contributed by atoms with Crippen molar-refractivity contribution in [2.24, 2.45) is 0 Å². The highest BCUT2D eigenvalue weighted by Gasteiger charge is 2.15. The predicted octanol–water partition coefficient (Wildman–Crippen LogP) is 5.12. The molecule has 0 aliphatic carbocycles. The van der Waals surface area contributed by atoms with Crippen LogP contribution < -0.4 is 5.32 Å². The quantitative estimate of drug-likeness (QED) is 0.579. The molecule has 5 nitrogen and oxygen atoms in total. The van der Waals surface area contributed by atoms with Crippen LogP contribution in [-0.2, 0) is 11.3 Å². The number of nitrogens with zero attached hydrogens (tertiary/aromatic N) is 2. The number of rotatable bonds is 8. The summed E-state index contributed by atoms with van der Waals surface area (Å²) in [5.41, 5.74) is 6.09. The Bertz CT molecular complexity index is 978. The first kappa shape index (κ1) is 20.8. The molecular weight excluding hydrogens is 362 g/mol. The molecule has 1 N–H and O–H groups in total. The molecule has 1 aromatic heterocycles. The molecule has 0 spiro atoms. The summed E-state index contributed by atoms with van der Waals surface area (Å²) in [6, 6.07) is 14.0. The second-order valence-electron chi connectivity index (χ2n) is 7.54. The zero-order valence-corrected chi connectivity index (χ0v) is 17.7. The molecule has 1 amide bonds. The van der Waals surface area contributed by atoms with Gasteiger partial charge in [-0.3, -0.25) is 9.69 Å². The molecule has 3 aromatic rings. The topological polar surface area (TPSA) is 58.4 Å². The summed E-state index contributed by atoms with van der Waals surface area (Å²) in [6.45, 7) is 9.93. The van der Waals surface area contributed by atoms with E-state index in [1.807, 2.05) is 37.3 Å². The van der Waals surface area contributed by atoms with E-state index in [1.54, 1.807) is 6.26 Å². The van der Waals surface area contributed by atoms with E-state index in [0.717, 1.165) is 41.0 Å². The van der Waals surface area contributed by atoms with E-state index >= 15 is 0 Å². The molecule has 0 saturated carbocycles. The lowest BCUT2D eigenvalue weighted by atomic mass is 10.1. The molecular formula is C24H29N3O2. The smallest absolute Gasteiger partial charge is 0.238 e. The Morgan fingerprint density at radius 3 is 2.62 bits per heavy atom. The van der Waals surface area contributed by atoms with Gasteiger partial charge in [0.1, 0.15) is 6.26 Å². The minimum atomic E-state index is -0.0224. The van der Waals surface area contributed by atoms with E-state index in [2.05, 4.69) is 48.1 Å². The molecule has 2 aromatic carbocycles. The van der Waals surface area contributed by atoms with Crippen molar-refractivity contribution in [1.82, 2.24) is 9.88 Å². The van der Waals surface area contributed by atoms with Gasteiger partial charge >= 0.3 is 0 Å². The van der Waals surface area contributed by atoms with Gasteiger partial charge in [-0.25, -0.2) is 4.98 Å². The molecule has 0 fully saturated rings. The minimum Gasteiger partial charge on any atom is -0.444 e. The Kier molecular flexibility index (Phi) is 6.83. The molecule has 3 rings (SSSR count). The van der Waals surface area contributed by atoms with Gasteiger partial charge in [0.05, 0.1) is 12.2 Å². The van der Waals surface area contributed by atoms with E-state index in [0.29, 0.717) is 19.0 Å². The third-order valence-corrected chi connectivity index (χ3v) is 4.88. The van der Waals surface area contributed by atoms with Gasteiger partial charge in [0.25, 0.3) is 0 Å². The molecule has 29 heavy (non-hydrogen) atoms. The summed E-state index contributed by atoms with van der Waals surface area (Å²) in [4.78, 5) is 19.3. The molecule has 0 saturated heterocycles. The standard InChI is InChI=1S/C24H29N3O2/c1-5-12-27(15-23(28)26-22-9-7-6-8-18(22)3)14-20-16-29-24(25-20)21-11-10-17(2)13-19(21)4/h6-11,13,16H,5,12,14-15H2,1-4H3,(H,26,28). The van der Waals surface area contributed by atoms with E-state index < -0.39 is 0 Å².